The van der Waals surface area contributed by atoms with Gasteiger partial charge in [-0.3, -0.25) is 4.79 Å². The minimum absolute atomic E-state index is 0.252. The molecule has 0 spiro atoms. The Balaban J connectivity index is 3.06. The van der Waals surface area contributed by atoms with Gasteiger partial charge in [-0.25, -0.2) is 0 Å². The Kier molecular flexibility index (Phi) is 18.9. The quantitative estimate of drug-likeness (QED) is 0.258. The Morgan fingerprint density at radius 2 is 1.45 bits per heavy atom. The van der Waals surface area contributed by atoms with E-state index in [9.17, 15) is 4.79 Å². The number of unbranched alkanes of at least 4 members (excludes halogenated alkanes) is 7. The highest BCUT2D eigenvalue weighted by molar-refractivity contribution is 7.99. The molecule has 0 radical (unpaired) electrons. The van der Waals surface area contributed by atoms with E-state index in [1.165, 1.54) is 81.1 Å². The number of hydrogen-bond acceptors (Lipinski definition) is 3. The zero-order valence-corrected chi connectivity index (χ0v) is 15.9. The van der Waals surface area contributed by atoms with Crippen LogP contribution in [-0.2, 0) is 4.79 Å². The van der Waals surface area contributed by atoms with Crippen LogP contribution in [0.15, 0.2) is 12.2 Å². The van der Waals surface area contributed by atoms with Gasteiger partial charge in [0.1, 0.15) is 0 Å². The lowest BCUT2D eigenvalue weighted by molar-refractivity contribution is -0.133. The molecule has 0 saturated heterocycles. The number of allylic oxidation sites excluding steroid dienone is 2. The highest BCUT2D eigenvalue weighted by atomic mass is 32.2. The second-order valence-electron chi connectivity index (χ2n) is 5.58. The predicted octanol–water partition coefficient (Wildman–Crippen LogP) is 6.01. The van der Waals surface area contributed by atoms with Gasteiger partial charge in [-0.15, -0.1) is 0 Å². The summed E-state index contributed by atoms with van der Waals surface area (Å²) in [5.41, 5.74) is 0. The molecule has 130 valence electrons. The number of thioether (sulfide) groups is 2. The summed E-state index contributed by atoms with van der Waals surface area (Å²) >= 11 is 3.62. The van der Waals surface area contributed by atoms with E-state index in [2.05, 4.69) is 30.8 Å². The van der Waals surface area contributed by atoms with Crippen molar-refractivity contribution in [3.05, 3.63) is 12.2 Å². The van der Waals surface area contributed by atoms with Gasteiger partial charge in [0.25, 0.3) is 0 Å². The molecule has 1 N–H and O–H groups in total. The monoisotopic (exact) mass is 346 g/mol. The molecule has 0 bridgehead atoms. The highest BCUT2D eigenvalue weighted by Gasteiger charge is 1.96. The van der Waals surface area contributed by atoms with E-state index in [4.69, 9.17) is 5.11 Å². The standard InChI is InChI=1S/C18H34O2S2/c1-2-3-11-14-21-15-12-9-7-5-4-6-8-10-13-16-22-17-18(19)20/h7,9H,2-6,8,10-17H2,1H3,(H,19,20). The smallest absolute Gasteiger partial charge is 0.313 e. The van der Waals surface area contributed by atoms with Crippen LogP contribution >= 0.6 is 23.5 Å². The van der Waals surface area contributed by atoms with Crippen molar-refractivity contribution in [2.24, 2.45) is 0 Å². The van der Waals surface area contributed by atoms with Crippen molar-refractivity contribution < 1.29 is 9.90 Å². The topological polar surface area (TPSA) is 37.3 Å². The second-order valence-corrected chi connectivity index (χ2v) is 7.91. The zero-order valence-electron chi connectivity index (χ0n) is 14.2. The Bertz CT molecular complexity index is 268. The van der Waals surface area contributed by atoms with Crippen LogP contribution in [0.2, 0.25) is 0 Å². The van der Waals surface area contributed by atoms with Crippen LogP contribution in [0.4, 0.5) is 0 Å². The van der Waals surface area contributed by atoms with Crippen LogP contribution < -0.4 is 0 Å². The SMILES string of the molecule is CCCCCSCCC=CCCCCCCCSCC(=O)O. The molecule has 2 nitrogen and oxygen atoms in total. The molecule has 0 rings (SSSR count). The number of hydrogen-bond donors (Lipinski definition) is 1. The third-order valence-corrected chi connectivity index (χ3v) is 5.50. The molecule has 0 fully saturated rings. The van der Waals surface area contributed by atoms with Gasteiger partial charge >= 0.3 is 5.97 Å². The highest BCUT2D eigenvalue weighted by Crippen LogP contribution is 2.11. The molecule has 0 saturated carbocycles. The molecule has 0 aromatic heterocycles. The van der Waals surface area contributed by atoms with Crippen molar-refractivity contribution in [3.63, 3.8) is 0 Å². The third-order valence-electron chi connectivity index (χ3n) is 3.37. The molecule has 4 heteroatoms. The summed E-state index contributed by atoms with van der Waals surface area (Å²) in [6, 6.07) is 0. The molecular formula is C18H34O2S2. The van der Waals surface area contributed by atoms with Crippen LogP contribution in [-0.4, -0.2) is 34.1 Å². The largest absolute Gasteiger partial charge is 0.481 e. The number of rotatable bonds is 17. The van der Waals surface area contributed by atoms with Gasteiger partial charge in [-0.05, 0) is 49.4 Å². The minimum Gasteiger partial charge on any atom is -0.481 e. The van der Waals surface area contributed by atoms with E-state index in [1.54, 1.807) is 0 Å². The second kappa shape index (κ2) is 19.0. The van der Waals surface area contributed by atoms with Gasteiger partial charge in [-0.1, -0.05) is 51.2 Å². The Labute approximate surface area is 145 Å². The lowest BCUT2D eigenvalue weighted by Crippen LogP contribution is -1.98. The Hall–Kier alpha value is -0.0900. The Morgan fingerprint density at radius 3 is 2.23 bits per heavy atom. The first-order valence-corrected chi connectivity index (χ1v) is 11.1. The van der Waals surface area contributed by atoms with Gasteiger partial charge in [0.05, 0.1) is 5.75 Å². The average Bonchev–Trinajstić information content (AvgIpc) is 2.50. The first-order valence-electron chi connectivity index (χ1n) is 8.79. The van der Waals surface area contributed by atoms with Crippen molar-refractivity contribution >= 4 is 29.5 Å². The molecule has 0 aromatic rings. The van der Waals surface area contributed by atoms with Crippen molar-refractivity contribution in [3.8, 4) is 0 Å². The van der Waals surface area contributed by atoms with Crippen LogP contribution in [0, 0.1) is 0 Å². The molecule has 0 amide bonds. The van der Waals surface area contributed by atoms with E-state index in [-0.39, 0.29) is 5.75 Å². The van der Waals surface area contributed by atoms with Gasteiger partial charge < -0.3 is 5.11 Å². The van der Waals surface area contributed by atoms with Crippen LogP contribution in [0.1, 0.15) is 71.1 Å². The van der Waals surface area contributed by atoms with E-state index < -0.39 is 5.97 Å². The maximum absolute atomic E-state index is 10.3. The van der Waals surface area contributed by atoms with E-state index >= 15 is 0 Å². The summed E-state index contributed by atoms with van der Waals surface area (Å²) in [4.78, 5) is 10.3. The third kappa shape index (κ3) is 19.9. The van der Waals surface area contributed by atoms with Crippen molar-refractivity contribution in [2.75, 3.05) is 23.0 Å². The van der Waals surface area contributed by atoms with Crippen LogP contribution in [0.25, 0.3) is 0 Å². The fraction of sp³-hybridized carbons (Fsp3) is 0.833. The zero-order chi connectivity index (χ0) is 16.3. The predicted molar refractivity (Wildman–Crippen MR) is 103 cm³/mol. The van der Waals surface area contributed by atoms with Gasteiger partial charge in [0, 0.05) is 0 Å². The molecule has 22 heavy (non-hydrogen) atoms. The molecule has 0 aliphatic heterocycles. The molecule has 0 aromatic carbocycles. The van der Waals surface area contributed by atoms with Gasteiger partial charge in [0.2, 0.25) is 0 Å². The first kappa shape index (κ1) is 21.9. The summed E-state index contributed by atoms with van der Waals surface area (Å²) in [6.07, 6.45) is 17.5. The van der Waals surface area contributed by atoms with Gasteiger partial charge in [-0.2, -0.15) is 23.5 Å². The van der Waals surface area contributed by atoms with Crippen LogP contribution in [0.3, 0.4) is 0 Å². The van der Waals surface area contributed by atoms with Crippen LogP contribution in [0.5, 0.6) is 0 Å². The van der Waals surface area contributed by atoms with Gasteiger partial charge in [0.15, 0.2) is 0 Å². The Morgan fingerprint density at radius 1 is 0.818 bits per heavy atom. The van der Waals surface area contributed by atoms with Crippen molar-refractivity contribution in [1.82, 2.24) is 0 Å². The lowest BCUT2D eigenvalue weighted by atomic mass is 10.1. The molecular weight excluding hydrogens is 312 g/mol. The fourth-order valence-electron chi connectivity index (χ4n) is 2.10. The number of carboxylic acid groups (broad SMARTS) is 1. The van der Waals surface area contributed by atoms with E-state index in [0.29, 0.717) is 0 Å². The summed E-state index contributed by atoms with van der Waals surface area (Å²) < 4.78 is 0. The minimum atomic E-state index is -0.698. The maximum Gasteiger partial charge on any atom is 0.313 e. The van der Waals surface area contributed by atoms with E-state index in [0.717, 1.165) is 12.2 Å². The van der Waals surface area contributed by atoms with Crippen molar-refractivity contribution in [1.29, 1.82) is 0 Å². The fourth-order valence-corrected chi connectivity index (χ4v) is 3.74. The molecule has 0 unspecified atom stereocenters. The lowest BCUT2D eigenvalue weighted by Gasteiger charge is -2.00. The summed E-state index contributed by atoms with van der Waals surface area (Å²) in [5, 5.41) is 8.51. The van der Waals surface area contributed by atoms with E-state index in [1.807, 2.05) is 0 Å². The number of carboxylic acids is 1. The number of carbonyl (C=O) groups is 1. The normalized spacial score (nSPS) is 11.3. The first-order chi connectivity index (χ1) is 10.8. The number of aliphatic carboxylic acids is 1. The summed E-state index contributed by atoms with van der Waals surface area (Å²) in [7, 11) is 0. The van der Waals surface area contributed by atoms with Crippen molar-refractivity contribution in [2.45, 2.75) is 71.1 Å². The maximum atomic E-state index is 10.3. The molecule has 0 aliphatic rings. The average molecular weight is 347 g/mol. The summed E-state index contributed by atoms with van der Waals surface area (Å²) in [5.74, 6) is 3.14. The molecule has 0 heterocycles. The molecule has 0 atom stereocenters. The summed E-state index contributed by atoms with van der Waals surface area (Å²) in [6.45, 7) is 2.26. The molecule has 0 aliphatic carbocycles.